The van der Waals surface area contributed by atoms with Gasteiger partial charge in [0.2, 0.25) is 11.8 Å². The first-order valence-corrected chi connectivity index (χ1v) is 9.93. The van der Waals surface area contributed by atoms with Crippen molar-refractivity contribution in [3.05, 3.63) is 65.7 Å². The van der Waals surface area contributed by atoms with Gasteiger partial charge in [-0.15, -0.1) is 0 Å². The lowest BCUT2D eigenvalue weighted by atomic mass is 9.89. The Morgan fingerprint density at radius 3 is 2.70 bits per heavy atom. The average Bonchev–Trinajstić information content (AvgIpc) is 3.15. The highest BCUT2D eigenvalue weighted by atomic mass is 16.2. The van der Waals surface area contributed by atoms with E-state index in [0.29, 0.717) is 18.9 Å². The maximum atomic E-state index is 12.8. The summed E-state index contributed by atoms with van der Waals surface area (Å²) in [6, 6.07) is 18.6. The molecule has 0 bridgehead atoms. The molecule has 0 aliphatic carbocycles. The predicted molar refractivity (Wildman–Crippen MR) is 106 cm³/mol. The molecule has 2 heterocycles. The van der Waals surface area contributed by atoms with Gasteiger partial charge in [0.25, 0.3) is 0 Å². The van der Waals surface area contributed by atoms with Gasteiger partial charge in [-0.05, 0) is 49.3 Å². The number of carbonyl (C=O) groups excluding carboxylic acids is 2. The zero-order valence-corrected chi connectivity index (χ0v) is 15.6. The van der Waals surface area contributed by atoms with Gasteiger partial charge in [-0.25, -0.2) is 0 Å². The number of anilines is 1. The smallest absolute Gasteiger partial charge is 0.227 e. The summed E-state index contributed by atoms with van der Waals surface area (Å²) < 4.78 is 0. The maximum Gasteiger partial charge on any atom is 0.227 e. The number of benzene rings is 2. The molecular weight excluding hydrogens is 336 g/mol. The molecule has 2 amide bonds. The van der Waals surface area contributed by atoms with Gasteiger partial charge >= 0.3 is 0 Å². The monoisotopic (exact) mass is 362 g/mol. The summed E-state index contributed by atoms with van der Waals surface area (Å²) >= 11 is 0. The number of likely N-dealkylation sites (tertiary alicyclic amines) is 1. The van der Waals surface area contributed by atoms with Gasteiger partial charge in [-0.2, -0.15) is 0 Å². The minimum absolute atomic E-state index is 0.0451. The molecule has 4 heteroatoms. The molecule has 140 valence electrons. The summed E-state index contributed by atoms with van der Waals surface area (Å²) in [6.45, 7) is 0.843. The van der Waals surface area contributed by atoms with Crippen LogP contribution in [0.4, 0.5) is 5.69 Å². The lowest BCUT2D eigenvalue weighted by molar-refractivity contribution is -0.132. The van der Waals surface area contributed by atoms with Crippen LogP contribution in [0.1, 0.15) is 36.8 Å². The molecule has 27 heavy (non-hydrogen) atoms. The molecule has 2 aromatic carbocycles. The third kappa shape index (κ3) is 4.05. The third-order valence-corrected chi connectivity index (χ3v) is 5.83. The minimum Gasteiger partial charge on any atom is -0.339 e. The molecule has 0 aromatic heterocycles. The highest BCUT2D eigenvalue weighted by Gasteiger charge is 2.31. The molecule has 0 saturated carbocycles. The van der Waals surface area contributed by atoms with Crippen LogP contribution in [-0.4, -0.2) is 29.3 Å². The number of carbonyl (C=O) groups is 2. The van der Waals surface area contributed by atoms with Crippen LogP contribution in [0.5, 0.6) is 0 Å². The van der Waals surface area contributed by atoms with Crippen LogP contribution in [0.25, 0.3) is 0 Å². The van der Waals surface area contributed by atoms with E-state index < -0.39 is 0 Å². The molecule has 2 atom stereocenters. The molecule has 2 aliphatic rings. The zero-order valence-electron chi connectivity index (χ0n) is 15.6. The van der Waals surface area contributed by atoms with E-state index in [4.69, 9.17) is 0 Å². The predicted octanol–water partition coefficient (Wildman–Crippen LogP) is 3.81. The van der Waals surface area contributed by atoms with E-state index in [2.05, 4.69) is 35.6 Å². The first-order valence-electron chi connectivity index (χ1n) is 9.93. The maximum absolute atomic E-state index is 12.8. The number of amides is 2. The van der Waals surface area contributed by atoms with Gasteiger partial charge in [0.1, 0.15) is 0 Å². The highest BCUT2D eigenvalue weighted by Crippen LogP contribution is 2.28. The van der Waals surface area contributed by atoms with Gasteiger partial charge in [-0.1, -0.05) is 48.5 Å². The number of fused-ring (bicyclic) bond motifs is 1. The van der Waals surface area contributed by atoms with E-state index in [9.17, 15) is 9.59 Å². The molecule has 2 aliphatic heterocycles. The highest BCUT2D eigenvalue weighted by molar-refractivity contribution is 5.96. The molecule has 4 nitrogen and oxygen atoms in total. The van der Waals surface area contributed by atoms with Gasteiger partial charge in [0, 0.05) is 30.6 Å². The van der Waals surface area contributed by atoms with Crippen molar-refractivity contribution in [2.24, 2.45) is 5.92 Å². The normalized spacial score (nSPS) is 21.6. The number of nitrogens with one attached hydrogen (secondary N) is 1. The molecule has 2 unspecified atom stereocenters. The SMILES string of the molecule is O=C1Nc2ccccc2CC1CCC(=O)N1CCCC1Cc1ccccc1. The Kier molecular flexibility index (Phi) is 5.23. The second-order valence-electron chi connectivity index (χ2n) is 7.66. The van der Waals surface area contributed by atoms with Gasteiger partial charge in [0.05, 0.1) is 0 Å². The average molecular weight is 362 g/mol. The van der Waals surface area contributed by atoms with E-state index >= 15 is 0 Å². The van der Waals surface area contributed by atoms with Crippen LogP contribution < -0.4 is 5.32 Å². The standard InChI is InChI=1S/C23H26N2O2/c26-22(25-14-6-10-20(25)15-17-7-2-1-3-8-17)13-12-19-16-18-9-4-5-11-21(18)24-23(19)27/h1-5,7-9,11,19-20H,6,10,12-16H2,(H,24,27). The van der Waals surface area contributed by atoms with Crippen LogP contribution in [0, 0.1) is 5.92 Å². The molecule has 1 saturated heterocycles. The van der Waals surface area contributed by atoms with Crippen molar-refractivity contribution >= 4 is 17.5 Å². The Balaban J connectivity index is 1.34. The van der Waals surface area contributed by atoms with E-state index in [0.717, 1.165) is 43.5 Å². The second kappa shape index (κ2) is 7.95. The Morgan fingerprint density at radius 1 is 1.07 bits per heavy atom. The van der Waals surface area contributed by atoms with E-state index in [1.807, 2.05) is 29.2 Å². The molecular formula is C23H26N2O2. The molecule has 0 spiro atoms. The Bertz CT molecular complexity index is 818. The Hall–Kier alpha value is -2.62. The van der Waals surface area contributed by atoms with E-state index in [1.165, 1.54) is 5.56 Å². The van der Waals surface area contributed by atoms with E-state index in [-0.39, 0.29) is 17.7 Å². The molecule has 2 aromatic rings. The summed E-state index contributed by atoms with van der Waals surface area (Å²) in [7, 11) is 0. The Labute approximate surface area is 160 Å². The summed E-state index contributed by atoms with van der Waals surface area (Å²) in [4.78, 5) is 27.2. The first kappa shape index (κ1) is 17.8. The zero-order chi connectivity index (χ0) is 18.6. The summed E-state index contributed by atoms with van der Waals surface area (Å²) in [5.41, 5.74) is 3.36. The number of hydrogen-bond donors (Lipinski definition) is 1. The number of para-hydroxylation sites is 1. The van der Waals surface area contributed by atoms with Crippen LogP contribution in [0.3, 0.4) is 0 Å². The van der Waals surface area contributed by atoms with Crippen LogP contribution >= 0.6 is 0 Å². The lowest BCUT2D eigenvalue weighted by Gasteiger charge is -2.27. The summed E-state index contributed by atoms with van der Waals surface area (Å²) in [5, 5.41) is 2.98. The van der Waals surface area contributed by atoms with Crippen molar-refractivity contribution < 1.29 is 9.59 Å². The van der Waals surface area contributed by atoms with Crippen LogP contribution in [0.15, 0.2) is 54.6 Å². The fraction of sp³-hybridized carbons (Fsp3) is 0.391. The molecule has 1 N–H and O–H groups in total. The quantitative estimate of drug-likeness (QED) is 0.879. The second-order valence-corrected chi connectivity index (χ2v) is 7.66. The van der Waals surface area contributed by atoms with Crippen molar-refractivity contribution in [3.8, 4) is 0 Å². The van der Waals surface area contributed by atoms with Gasteiger partial charge < -0.3 is 10.2 Å². The van der Waals surface area contributed by atoms with Crippen molar-refractivity contribution in [2.45, 2.75) is 44.6 Å². The fourth-order valence-electron chi connectivity index (χ4n) is 4.35. The fourth-order valence-corrected chi connectivity index (χ4v) is 4.35. The topological polar surface area (TPSA) is 49.4 Å². The van der Waals surface area contributed by atoms with Gasteiger partial charge in [0.15, 0.2) is 0 Å². The van der Waals surface area contributed by atoms with Crippen LogP contribution in [0.2, 0.25) is 0 Å². The number of rotatable bonds is 5. The minimum atomic E-state index is -0.112. The van der Waals surface area contributed by atoms with Gasteiger partial charge in [-0.3, -0.25) is 9.59 Å². The van der Waals surface area contributed by atoms with E-state index in [1.54, 1.807) is 0 Å². The van der Waals surface area contributed by atoms with Crippen molar-refractivity contribution in [2.75, 3.05) is 11.9 Å². The molecule has 4 rings (SSSR count). The summed E-state index contributed by atoms with van der Waals surface area (Å²) in [6.07, 6.45) is 4.85. The van der Waals surface area contributed by atoms with Crippen molar-refractivity contribution in [1.82, 2.24) is 4.90 Å². The van der Waals surface area contributed by atoms with Crippen molar-refractivity contribution in [3.63, 3.8) is 0 Å². The largest absolute Gasteiger partial charge is 0.339 e. The first-order chi connectivity index (χ1) is 13.2. The summed E-state index contributed by atoms with van der Waals surface area (Å²) in [5.74, 6) is 0.128. The van der Waals surface area contributed by atoms with Crippen molar-refractivity contribution in [1.29, 1.82) is 0 Å². The van der Waals surface area contributed by atoms with Crippen LogP contribution in [-0.2, 0) is 22.4 Å². The number of hydrogen-bond acceptors (Lipinski definition) is 2. The Morgan fingerprint density at radius 2 is 1.85 bits per heavy atom. The number of nitrogens with zero attached hydrogens (tertiary/aromatic N) is 1. The molecule has 0 radical (unpaired) electrons. The third-order valence-electron chi connectivity index (χ3n) is 5.83. The lowest BCUT2D eigenvalue weighted by Crippen LogP contribution is -2.38. The molecule has 1 fully saturated rings.